The SMILES string of the molecule is CCCCOCCN1C(=O)C(C)(C2CC2)NC(=O)C1(C)C. The third kappa shape index (κ3) is 3.07. The fraction of sp³-hybridized carbons (Fsp3) is 0.875. The van der Waals surface area contributed by atoms with E-state index in [9.17, 15) is 9.59 Å². The maximum atomic E-state index is 12.9. The van der Waals surface area contributed by atoms with Crippen molar-refractivity contribution in [1.29, 1.82) is 0 Å². The lowest BCUT2D eigenvalue weighted by atomic mass is 9.85. The van der Waals surface area contributed by atoms with E-state index in [0.717, 1.165) is 25.7 Å². The molecule has 0 radical (unpaired) electrons. The maximum absolute atomic E-state index is 12.9. The molecule has 1 unspecified atom stereocenters. The van der Waals surface area contributed by atoms with Gasteiger partial charge in [0.1, 0.15) is 11.1 Å². The number of unbranched alkanes of at least 4 members (excludes halogenated alkanes) is 1. The second kappa shape index (κ2) is 5.95. The fourth-order valence-corrected chi connectivity index (χ4v) is 2.92. The molecule has 1 atom stereocenters. The Morgan fingerprint density at radius 1 is 1.24 bits per heavy atom. The van der Waals surface area contributed by atoms with Gasteiger partial charge >= 0.3 is 0 Å². The van der Waals surface area contributed by atoms with Crippen molar-refractivity contribution in [1.82, 2.24) is 10.2 Å². The molecule has 1 N–H and O–H groups in total. The van der Waals surface area contributed by atoms with Crippen molar-refractivity contribution < 1.29 is 14.3 Å². The molecule has 5 nitrogen and oxygen atoms in total. The first kappa shape index (κ1) is 16.3. The molecule has 1 aliphatic heterocycles. The normalized spacial score (nSPS) is 28.7. The molecule has 0 bridgehead atoms. The number of nitrogens with zero attached hydrogens (tertiary/aromatic N) is 1. The summed E-state index contributed by atoms with van der Waals surface area (Å²) in [5.74, 6) is 0.257. The molecule has 0 aromatic rings. The van der Waals surface area contributed by atoms with E-state index in [1.807, 2.05) is 6.92 Å². The molecular formula is C16H28N2O3. The Morgan fingerprint density at radius 2 is 1.90 bits per heavy atom. The lowest BCUT2D eigenvalue weighted by Gasteiger charge is -2.49. The van der Waals surface area contributed by atoms with E-state index in [4.69, 9.17) is 4.74 Å². The third-order valence-electron chi connectivity index (χ3n) is 4.79. The summed E-state index contributed by atoms with van der Waals surface area (Å²) in [4.78, 5) is 27.0. The van der Waals surface area contributed by atoms with Gasteiger partial charge in [-0.2, -0.15) is 0 Å². The smallest absolute Gasteiger partial charge is 0.249 e. The lowest BCUT2D eigenvalue weighted by molar-refractivity contribution is -0.162. The molecule has 1 saturated carbocycles. The summed E-state index contributed by atoms with van der Waals surface area (Å²) in [6, 6.07) is 0. The van der Waals surface area contributed by atoms with Gasteiger partial charge in [-0.05, 0) is 46.0 Å². The number of rotatable bonds is 7. The Hall–Kier alpha value is -1.10. The summed E-state index contributed by atoms with van der Waals surface area (Å²) in [6.07, 6.45) is 4.15. The summed E-state index contributed by atoms with van der Waals surface area (Å²) in [5.41, 5.74) is -1.53. The van der Waals surface area contributed by atoms with Crippen LogP contribution < -0.4 is 5.32 Å². The number of hydrogen-bond acceptors (Lipinski definition) is 3. The molecule has 21 heavy (non-hydrogen) atoms. The molecule has 1 heterocycles. The van der Waals surface area contributed by atoms with Crippen molar-refractivity contribution in [3.63, 3.8) is 0 Å². The van der Waals surface area contributed by atoms with Gasteiger partial charge < -0.3 is 15.0 Å². The van der Waals surface area contributed by atoms with Crippen LogP contribution in [0, 0.1) is 5.92 Å². The van der Waals surface area contributed by atoms with Crippen LogP contribution in [-0.4, -0.2) is 47.6 Å². The molecule has 120 valence electrons. The van der Waals surface area contributed by atoms with E-state index in [1.165, 1.54) is 0 Å². The molecule has 2 rings (SSSR count). The Morgan fingerprint density at radius 3 is 2.48 bits per heavy atom. The van der Waals surface area contributed by atoms with Crippen LogP contribution in [0.1, 0.15) is 53.4 Å². The Labute approximate surface area is 127 Å². The number of amides is 2. The van der Waals surface area contributed by atoms with Gasteiger partial charge in [0, 0.05) is 13.2 Å². The standard InChI is InChI=1S/C16H28N2O3/c1-5-6-10-21-11-9-18-14(20)16(4,12-7-8-12)17-13(19)15(18,2)3/h12H,5-11H2,1-4H3,(H,17,19). The molecule has 5 heteroatoms. The van der Waals surface area contributed by atoms with Gasteiger partial charge in [0.05, 0.1) is 6.61 Å². The molecule has 0 aromatic carbocycles. The van der Waals surface area contributed by atoms with Gasteiger partial charge in [-0.15, -0.1) is 0 Å². The van der Waals surface area contributed by atoms with Crippen molar-refractivity contribution in [3.8, 4) is 0 Å². The highest BCUT2D eigenvalue weighted by atomic mass is 16.5. The van der Waals surface area contributed by atoms with E-state index in [1.54, 1.807) is 18.7 Å². The number of carbonyl (C=O) groups excluding carboxylic acids is 2. The number of hydrogen-bond donors (Lipinski definition) is 1. The molecule has 0 spiro atoms. The first-order valence-electron chi connectivity index (χ1n) is 8.06. The predicted molar refractivity (Wildman–Crippen MR) is 80.8 cm³/mol. The zero-order valence-electron chi connectivity index (χ0n) is 13.7. The van der Waals surface area contributed by atoms with E-state index < -0.39 is 11.1 Å². The van der Waals surface area contributed by atoms with Crippen molar-refractivity contribution in [3.05, 3.63) is 0 Å². The molecule has 1 aliphatic carbocycles. The zero-order chi connectivity index (χ0) is 15.7. The number of nitrogens with one attached hydrogen (secondary N) is 1. The first-order chi connectivity index (χ1) is 9.84. The number of carbonyl (C=O) groups is 2. The predicted octanol–water partition coefficient (Wildman–Crippen LogP) is 1.71. The topological polar surface area (TPSA) is 58.6 Å². The van der Waals surface area contributed by atoms with Crippen molar-refractivity contribution in [2.45, 2.75) is 64.5 Å². The van der Waals surface area contributed by atoms with Gasteiger partial charge in [0.2, 0.25) is 11.8 Å². The number of ether oxygens (including phenoxy) is 1. The zero-order valence-corrected chi connectivity index (χ0v) is 13.7. The highest BCUT2D eigenvalue weighted by Gasteiger charge is 2.57. The van der Waals surface area contributed by atoms with E-state index in [-0.39, 0.29) is 17.7 Å². The number of piperazine rings is 1. The van der Waals surface area contributed by atoms with Crippen LogP contribution in [-0.2, 0) is 14.3 Å². The summed E-state index contributed by atoms with van der Waals surface area (Å²) in [6.45, 7) is 9.27. The van der Waals surface area contributed by atoms with Crippen molar-refractivity contribution in [2.75, 3.05) is 19.8 Å². The minimum absolute atomic E-state index is 0.0358. The molecule has 0 aromatic heterocycles. The van der Waals surface area contributed by atoms with Crippen LogP contribution in [0.3, 0.4) is 0 Å². The van der Waals surface area contributed by atoms with Crippen LogP contribution in [0.5, 0.6) is 0 Å². The second-order valence-corrected chi connectivity index (χ2v) is 6.91. The highest BCUT2D eigenvalue weighted by Crippen LogP contribution is 2.43. The molecule has 2 aliphatic rings. The van der Waals surface area contributed by atoms with E-state index >= 15 is 0 Å². The van der Waals surface area contributed by atoms with Crippen LogP contribution in [0.4, 0.5) is 0 Å². The Bertz CT molecular complexity index is 418. The van der Waals surface area contributed by atoms with Gasteiger partial charge in [-0.3, -0.25) is 9.59 Å². The van der Waals surface area contributed by atoms with Gasteiger partial charge in [-0.1, -0.05) is 13.3 Å². The van der Waals surface area contributed by atoms with E-state index in [0.29, 0.717) is 19.8 Å². The average molecular weight is 296 g/mol. The van der Waals surface area contributed by atoms with Crippen LogP contribution in [0.2, 0.25) is 0 Å². The van der Waals surface area contributed by atoms with Gasteiger partial charge in [0.25, 0.3) is 0 Å². The monoisotopic (exact) mass is 296 g/mol. The van der Waals surface area contributed by atoms with Crippen LogP contribution in [0.15, 0.2) is 0 Å². The maximum Gasteiger partial charge on any atom is 0.249 e. The van der Waals surface area contributed by atoms with Crippen molar-refractivity contribution in [2.24, 2.45) is 5.92 Å². The molecule has 1 saturated heterocycles. The highest BCUT2D eigenvalue weighted by molar-refractivity contribution is 6.02. The molecule has 2 amide bonds. The minimum Gasteiger partial charge on any atom is -0.380 e. The Kier molecular flexibility index (Phi) is 4.61. The molecular weight excluding hydrogens is 268 g/mol. The Balaban J connectivity index is 2.03. The van der Waals surface area contributed by atoms with Crippen LogP contribution >= 0.6 is 0 Å². The summed E-state index contributed by atoms with van der Waals surface area (Å²) >= 11 is 0. The van der Waals surface area contributed by atoms with Crippen LogP contribution in [0.25, 0.3) is 0 Å². The fourth-order valence-electron chi connectivity index (χ4n) is 2.92. The lowest BCUT2D eigenvalue weighted by Crippen LogP contribution is -2.74. The largest absolute Gasteiger partial charge is 0.380 e. The van der Waals surface area contributed by atoms with Crippen molar-refractivity contribution >= 4 is 11.8 Å². The third-order valence-corrected chi connectivity index (χ3v) is 4.79. The van der Waals surface area contributed by atoms with Gasteiger partial charge in [0.15, 0.2) is 0 Å². The average Bonchev–Trinajstić information content (AvgIpc) is 3.25. The quantitative estimate of drug-likeness (QED) is 0.728. The summed E-state index contributed by atoms with van der Waals surface area (Å²) < 4.78 is 5.57. The summed E-state index contributed by atoms with van der Waals surface area (Å²) in [7, 11) is 0. The minimum atomic E-state index is -0.806. The second-order valence-electron chi connectivity index (χ2n) is 6.91. The summed E-state index contributed by atoms with van der Waals surface area (Å²) in [5, 5.41) is 2.96. The van der Waals surface area contributed by atoms with Gasteiger partial charge in [-0.25, -0.2) is 0 Å². The van der Waals surface area contributed by atoms with E-state index in [2.05, 4.69) is 12.2 Å². The molecule has 2 fully saturated rings. The first-order valence-corrected chi connectivity index (χ1v) is 8.06.